The van der Waals surface area contributed by atoms with Gasteiger partial charge in [-0.25, -0.2) is 0 Å². The average Bonchev–Trinajstić information content (AvgIpc) is 2.63. The topological polar surface area (TPSA) is 107 Å². The minimum Gasteiger partial charge on any atom is -0.870 e. The predicted molar refractivity (Wildman–Crippen MR) is 118 cm³/mol. The first-order chi connectivity index (χ1) is 13.1. The van der Waals surface area contributed by atoms with Crippen LogP contribution < -0.4 is 64.2 Å². The molecule has 2 atom stereocenters. The Morgan fingerprint density at radius 3 is 1.29 bits per heavy atom. The summed E-state index contributed by atoms with van der Waals surface area (Å²) >= 11 is 0. The minimum absolute atomic E-state index is 0. The third kappa shape index (κ3) is 21.2. The van der Waals surface area contributed by atoms with Gasteiger partial charge in [-0.15, -0.1) is 0 Å². The van der Waals surface area contributed by atoms with Crippen LogP contribution in [0.3, 0.4) is 0 Å². The molecular formula is C24H48Na2O5. The van der Waals surface area contributed by atoms with Crippen LogP contribution in [-0.2, 0) is 9.59 Å². The van der Waals surface area contributed by atoms with E-state index in [1.807, 2.05) is 27.7 Å². The molecule has 0 spiro atoms. The third-order valence-electron chi connectivity index (χ3n) is 5.78. The van der Waals surface area contributed by atoms with Crippen molar-refractivity contribution < 1.29 is 84.4 Å². The molecule has 0 amide bonds. The number of aliphatic carboxylic acids is 2. The van der Waals surface area contributed by atoms with Crippen LogP contribution in [0.25, 0.3) is 0 Å². The molecule has 0 heterocycles. The van der Waals surface area contributed by atoms with Gasteiger partial charge in [0, 0.05) is 11.4 Å². The molecule has 0 aliphatic rings. The van der Waals surface area contributed by atoms with Gasteiger partial charge < -0.3 is 20.5 Å². The number of hydrogen-bond acceptors (Lipinski definition) is 4. The molecule has 0 bridgehead atoms. The summed E-state index contributed by atoms with van der Waals surface area (Å²) in [6.45, 7) is 12.1. The van der Waals surface area contributed by atoms with Crippen molar-refractivity contribution in [2.75, 3.05) is 0 Å². The zero-order valence-electron chi connectivity index (χ0n) is 22.0. The Hall–Kier alpha value is 0.900. The first-order valence-electron chi connectivity index (χ1n) is 11.6. The smallest absolute Gasteiger partial charge is 0.870 e. The van der Waals surface area contributed by atoms with Gasteiger partial charge in [0.05, 0.1) is 5.41 Å². The van der Waals surface area contributed by atoms with E-state index in [0.717, 1.165) is 57.8 Å². The quantitative estimate of drug-likeness (QED) is 0.260. The van der Waals surface area contributed by atoms with Gasteiger partial charge in [0.25, 0.3) is 0 Å². The van der Waals surface area contributed by atoms with E-state index in [-0.39, 0.29) is 64.6 Å². The largest absolute Gasteiger partial charge is 1.00 e. The van der Waals surface area contributed by atoms with Crippen molar-refractivity contribution in [2.24, 2.45) is 10.8 Å². The second-order valence-electron chi connectivity index (χ2n) is 8.84. The van der Waals surface area contributed by atoms with E-state index in [1.165, 1.54) is 32.1 Å². The van der Waals surface area contributed by atoms with E-state index in [0.29, 0.717) is 0 Å². The molecule has 5 nitrogen and oxygen atoms in total. The standard InChI is InChI=1S/2C12H24O2.2Na.H2O/c2*1-4-6-7-8-10-12(3,9-5-2)11(13)14;;;/h2*4-10H2,1-3H3,(H,13,14);;;1H2/q;;2*+1;/p-2. The van der Waals surface area contributed by atoms with Gasteiger partial charge >= 0.3 is 65.1 Å². The van der Waals surface area contributed by atoms with E-state index in [9.17, 15) is 14.7 Å². The fourth-order valence-electron chi connectivity index (χ4n) is 3.66. The summed E-state index contributed by atoms with van der Waals surface area (Å²) in [6, 6.07) is 0. The maximum atomic E-state index is 11.1. The number of rotatable bonds is 16. The Kier molecular flexibility index (Phi) is 34.7. The normalized spacial score (nSPS) is 13.6. The van der Waals surface area contributed by atoms with Gasteiger partial charge in [-0.05, 0) is 32.6 Å². The van der Waals surface area contributed by atoms with Gasteiger partial charge in [-0.1, -0.05) is 98.8 Å². The first-order valence-corrected chi connectivity index (χ1v) is 11.6. The first kappa shape index (κ1) is 42.1. The zero-order chi connectivity index (χ0) is 22.1. The molecule has 176 valence electrons. The summed E-state index contributed by atoms with van der Waals surface area (Å²) in [7, 11) is 0. The molecule has 0 saturated heterocycles. The van der Waals surface area contributed by atoms with Crippen LogP contribution in [0.15, 0.2) is 0 Å². The summed E-state index contributed by atoms with van der Waals surface area (Å²) in [5.74, 6) is -1.51. The van der Waals surface area contributed by atoms with Crippen molar-refractivity contribution in [3.05, 3.63) is 0 Å². The molecular weight excluding hydrogens is 414 g/mol. The van der Waals surface area contributed by atoms with Crippen LogP contribution in [-0.4, -0.2) is 22.5 Å². The summed E-state index contributed by atoms with van der Waals surface area (Å²) < 4.78 is 0. The Morgan fingerprint density at radius 2 is 1.00 bits per heavy atom. The monoisotopic (exact) mass is 462 g/mol. The van der Waals surface area contributed by atoms with Crippen molar-refractivity contribution in [1.29, 1.82) is 0 Å². The Balaban J connectivity index is -0.000000133. The molecule has 0 radical (unpaired) electrons. The Morgan fingerprint density at radius 1 is 0.645 bits per heavy atom. The summed E-state index contributed by atoms with van der Waals surface area (Å²) in [5.41, 5.74) is -1.08. The number of carbonyl (C=O) groups is 2. The van der Waals surface area contributed by atoms with Crippen molar-refractivity contribution >= 4 is 11.9 Å². The second-order valence-corrected chi connectivity index (χ2v) is 8.84. The molecule has 0 rings (SSSR count). The van der Waals surface area contributed by atoms with Crippen LogP contribution in [0, 0.1) is 10.8 Å². The number of unbranched alkanes of at least 4 members (excludes halogenated alkanes) is 6. The number of hydrogen-bond donors (Lipinski definition) is 1. The van der Waals surface area contributed by atoms with Gasteiger partial charge in [0.2, 0.25) is 0 Å². The second kappa shape index (κ2) is 25.5. The van der Waals surface area contributed by atoms with E-state index < -0.39 is 22.8 Å². The van der Waals surface area contributed by atoms with E-state index >= 15 is 0 Å². The summed E-state index contributed by atoms with van der Waals surface area (Å²) in [6.07, 6.45) is 14.2. The molecule has 2 unspecified atom stereocenters. The molecule has 0 aliphatic carbocycles. The van der Waals surface area contributed by atoms with Crippen LogP contribution in [0.2, 0.25) is 0 Å². The van der Waals surface area contributed by atoms with Crippen LogP contribution in [0.5, 0.6) is 0 Å². The summed E-state index contributed by atoms with van der Waals surface area (Å²) in [4.78, 5) is 22.0. The molecule has 31 heavy (non-hydrogen) atoms. The zero-order valence-corrected chi connectivity index (χ0v) is 26.0. The molecule has 0 aromatic carbocycles. The fraction of sp³-hybridized carbons (Fsp3) is 0.917. The van der Waals surface area contributed by atoms with E-state index in [2.05, 4.69) is 13.8 Å². The molecule has 0 aromatic heterocycles. The van der Waals surface area contributed by atoms with Crippen LogP contribution >= 0.6 is 0 Å². The molecule has 0 fully saturated rings. The molecule has 0 aromatic rings. The third-order valence-corrected chi connectivity index (χ3v) is 5.78. The summed E-state index contributed by atoms with van der Waals surface area (Å²) in [5, 5.41) is 20.1. The predicted octanol–water partition coefficient (Wildman–Crippen LogP) is 0.192. The Labute approximate surface area is 236 Å². The van der Waals surface area contributed by atoms with Crippen LogP contribution in [0.1, 0.15) is 131 Å². The SMILES string of the molecule is CCCCCCC(C)(CCC)C(=O)O.CCCCCCC(C)(CCC)C(=O)[O-].[Na+].[Na+].[OH-]. The number of carbonyl (C=O) groups excluding carboxylic acids is 1. The molecule has 0 saturated carbocycles. The van der Waals surface area contributed by atoms with Gasteiger partial charge in [-0.2, -0.15) is 0 Å². The molecule has 7 heteroatoms. The van der Waals surface area contributed by atoms with Crippen molar-refractivity contribution in [1.82, 2.24) is 0 Å². The maximum Gasteiger partial charge on any atom is 1.00 e. The fourth-order valence-corrected chi connectivity index (χ4v) is 3.66. The maximum absolute atomic E-state index is 11.1. The van der Waals surface area contributed by atoms with Crippen molar-refractivity contribution in [3.8, 4) is 0 Å². The van der Waals surface area contributed by atoms with E-state index in [4.69, 9.17) is 5.11 Å². The van der Waals surface area contributed by atoms with Crippen LogP contribution in [0.4, 0.5) is 0 Å². The van der Waals surface area contributed by atoms with Gasteiger partial charge in [0.15, 0.2) is 0 Å². The van der Waals surface area contributed by atoms with Crippen molar-refractivity contribution in [3.63, 3.8) is 0 Å². The number of carboxylic acids is 2. The van der Waals surface area contributed by atoms with Crippen molar-refractivity contribution in [2.45, 2.75) is 131 Å². The molecule has 0 aliphatic heterocycles. The number of carboxylic acid groups (broad SMARTS) is 2. The van der Waals surface area contributed by atoms with Gasteiger partial charge in [-0.3, -0.25) is 4.79 Å². The minimum atomic E-state index is -0.879. The Bertz CT molecular complexity index is 383. The van der Waals surface area contributed by atoms with E-state index in [1.54, 1.807) is 0 Å². The average molecular weight is 463 g/mol. The molecule has 2 N–H and O–H groups in total. The van der Waals surface area contributed by atoms with Gasteiger partial charge in [0.1, 0.15) is 0 Å².